The molecule has 0 bridgehead atoms. The fourth-order valence-corrected chi connectivity index (χ4v) is 2.32. The smallest absolute Gasteiger partial charge is 0.226 e. The van der Waals surface area contributed by atoms with E-state index in [2.05, 4.69) is 10.6 Å². The van der Waals surface area contributed by atoms with Gasteiger partial charge in [-0.25, -0.2) is 0 Å². The maximum absolute atomic E-state index is 12.1. The van der Waals surface area contributed by atoms with E-state index in [0.717, 1.165) is 32.4 Å². The Morgan fingerprint density at radius 1 is 1.47 bits per heavy atom. The molecule has 1 amide bonds. The topological polar surface area (TPSA) is 61.4 Å². The molecule has 17 heavy (non-hydrogen) atoms. The molecule has 0 aromatic heterocycles. The summed E-state index contributed by atoms with van der Waals surface area (Å²) in [4.78, 5) is 12.1. The fraction of sp³-hybridized carbons (Fsp3) is 0.923. The van der Waals surface area contributed by atoms with Crippen LogP contribution >= 0.6 is 0 Å². The van der Waals surface area contributed by atoms with E-state index in [9.17, 15) is 9.90 Å². The van der Waals surface area contributed by atoms with Gasteiger partial charge in [-0.2, -0.15) is 0 Å². The second-order valence-corrected chi connectivity index (χ2v) is 5.74. The summed E-state index contributed by atoms with van der Waals surface area (Å²) in [6.07, 6.45) is 3.37. The quantitative estimate of drug-likeness (QED) is 0.675. The predicted molar refractivity (Wildman–Crippen MR) is 68.8 cm³/mol. The number of carbonyl (C=O) groups excluding carboxylic acids is 1. The van der Waals surface area contributed by atoms with Crippen LogP contribution in [0.3, 0.4) is 0 Å². The van der Waals surface area contributed by atoms with Crippen molar-refractivity contribution < 1.29 is 9.90 Å². The molecule has 1 aliphatic heterocycles. The number of rotatable bonds is 5. The molecule has 4 nitrogen and oxygen atoms in total. The minimum Gasteiger partial charge on any atom is -0.388 e. The Morgan fingerprint density at radius 2 is 2.06 bits per heavy atom. The zero-order valence-corrected chi connectivity index (χ0v) is 11.3. The van der Waals surface area contributed by atoms with Crippen LogP contribution in [0.25, 0.3) is 0 Å². The molecule has 100 valence electrons. The molecule has 1 heterocycles. The molecule has 4 heteroatoms. The van der Waals surface area contributed by atoms with Crippen molar-refractivity contribution in [2.75, 3.05) is 19.6 Å². The van der Waals surface area contributed by atoms with Crippen molar-refractivity contribution in [1.82, 2.24) is 10.6 Å². The van der Waals surface area contributed by atoms with Crippen molar-refractivity contribution in [3.8, 4) is 0 Å². The lowest BCUT2D eigenvalue weighted by Crippen LogP contribution is -2.49. The van der Waals surface area contributed by atoms with Crippen LogP contribution in [0.5, 0.6) is 0 Å². The van der Waals surface area contributed by atoms with Gasteiger partial charge in [0.25, 0.3) is 0 Å². The molecule has 1 unspecified atom stereocenters. The SMILES string of the molecule is CCCC(C)(O)CNC(=O)C1(C)CCNCC1. The maximum Gasteiger partial charge on any atom is 0.226 e. The number of nitrogens with one attached hydrogen (secondary N) is 2. The lowest BCUT2D eigenvalue weighted by Gasteiger charge is -2.34. The highest BCUT2D eigenvalue weighted by atomic mass is 16.3. The lowest BCUT2D eigenvalue weighted by atomic mass is 9.80. The van der Waals surface area contributed by atoms with E-state index in [1.165, 1.54) is 0 Å². The van der Waals surface area contributed by atoms with Crippen LogP contribution in [0.1, 0.15) is 46.5 Å². The first-order valence-electron chi connectivity index (χ1n) is 6.61. The normalized spacial score (nSPS) is 22.8. The van der Waals surface area contributed by atoms with Gasteiger partial charge in [0.05, 0.1) is 5.60 Å². The summed E-state index contributed by atoms with van der Waals surface area (Å²) < 4.78 is 0. The first-order chi connectivity index (χ1) is 7.90. The van der Waals surface area contributed by atoms with Crippen LogP contribution in [-0.4, -0.2) is 36.2 Å². The van der Waals surface area contributed by atoms with Gasteiger partial charge >= 0.3 is 0 Å². The largest absolute Gasteiger partial charge is 0.388 e. The van der Waals surface area contributed by atoms with E-state index in [4.69, 9.17) is 0 Å². The minimum absolute atomic E-state index is 0.0791. The molecule has 1 atom stereocenters. The third-order valence-electron chi connectivity index (χ3n) is 3.67. The molecule has 3 N–H and O–H groups in total. The first-order valence-corrected chi connectivity index (χ1v) is 6.61. The fourth-order valence-electron chi connectivity index (χ4n) is 2.32. The van der Waals surface area contributed by atoms with Gasteiger partial charge in [-0.3, -0.25) is 4.79 Å². The third kappa shape index (κ3) is 4.28. The summed E-state index contributed by atoms with van der Waals surface area (Å²) in [6.45, 7) is 7.97. The highest BCUT2D eigenvalue weighted by Gasteiger charge is 2.35. The number of hydrogen-bond acceptors (Lipinski definition) is 3. The number of amides is 1. The van der Waals surface area contributed by atoms with E-state index < -0.39 is 5.60 Å². The highest BCUT2D eigenvalue weighted by molar-refractivity contribution is 5.82. The number of piperidine rings is 1. The zero-order chi connectivity index (χ0) is 12.9. The van der Waals surface area contributed by atoms with Gasteiger partial charge in [0, 0.05) is 12.0 Å². The van der Waals surface area contributed by atoms with Crippen LogP contribution in [0.15, 0.2) is 0 Å². The Kier molecular flexibility index (Phi) is 4.95. The Labute approximate surface area is 104 Å². The van der Waals surface area contributed by atoms with Gasteiger partial charge in [0.15, 0.2) is 0 Å². The molecular formula is C13H26N2O2. The first kappa shape index (κ1) is 14.5. The van der Waals surface area contributed by atoms with E-state index in [1.54, 1.807) is 6.92 Å². The average molecular weight is 242 g/mol. The van der Waals surface area contributed by atoms with Gasteiger partial charge in [-0.15, -0.1) is 0 Å². The molecule has 0 aliphatic carbocycles. The molecule has 1 aliphatic rings. The molecule has 0 aromatic carbocycles. The van der Waals surface area contributed by atoms with Crippen molar-refractivity contribution in [2.45, 2.75) is 52.1 Å². The summed E-state index contributed by atoms with van der Waals surface area (Å²) in [5.41, 5.74) is -1.05. The number of aliphatic hydroxyl groups is 1. The Balaban J connectivity index is 2.43. The molecule has 0 saturated carbocycles. The second-order valence-electron chi connectivity index (χ2n) is 5.74. The monoisotopic (exact) mass is 242 g/mol. The standard InChI is InChI=1S/C13H26N2O2/c1-4-5-13(3,17)10-15-11(16)12(2)6-8-14-9-7-12/h14,17H,4-10H2,1-3H3,(H,15,16). The van der Waals surface area contributed by atoms with Crippen LogP contribution < -0.4 is 10.6 Å². The summed E-state index contributed by atoms with van der Waals surface area (Å²) in [5, 5.41) is 16.2. The van der Waals surface area contributed by atoms with Gasteiger partial charge in [-0.1, -0.05) is 20.3 Å². The van der Waals surface area contributed by atoms with Gasteiger partial charge < -0.3 is 15.7 Å². The van der Waals surface area contributed by atoms with E-state index >= 15 is 0 Å². The maximum atomic E-state index is 12.1. The summed E-state index contributed by atoms with van der Waals surface area (Å²) in [7, 11) is 0. The highest BCUT2D eigenvalue weighted by Crippen LogP contribution is 2.28. The van der Waals surface area contributed by atoms with Crippen molar-refractivity contribution in [3.05, 3.63) is 0 Å². The van der Waals surface area contributed by atoms with Crippen molar-refractivity contribution >= 4 is 5.91 Å². The Bertz CT molecular complexity index is 258. The average Bonchev–Trinajstić information content (AvgIpc) is 2.27. The van der Waals surface area contributed by atoms with Crippen LogP contribution in [0, 0.1) is 5.41 Å². The molecule has 0 spiro atoms. The lowest BCUT2D eigenvalue weighted by molar-refractivity contribution is -0.132. The summed E-state index contributed by atoms with van der Waals surface area (Å²) >= 11 is 0. The number of carbonyl (C=O) groups is 1. The van der Waals surface area contributed by atoms with Crippen molar-refractivity contribution in [1.29, 1.82) is 0 Å². The molecular weight excluding hydrogens is 216 g/mol. The molecule has 0 aromatic rings. The van der Waals surface area contributed by atoms with Crippen LogP contribution in [0.2, 0.25) is 0 Å². The van der Waals surface area contributed by atoms with E-state index in [-0.39, 0.29) is 11.3 Å². The predicted octanol–water partition coefficient (Wildman–Crippen LogP) is 1.04. The molecule has 1 fully saturated rings. The second kappa shape index (κ2) is 5.83. The molecule has 1 rings (SSSR count). The third-order valence-corrected chi connectivity index (χ3v) is 3.67. The van der Waals surface area contributed by atoms with Crippen LogP contribution in [0.4, 0.5) is 0 Å². The molecule has 0 radical (unpaired) electrons. The van der Waals surface area contributed by atoms with Crippen LogP contribution in [-0.2, 0) is 4.79 Å². The summed E-state index contributed by atoms with van der Waals surface area (Å²) in [5.74, 6) is 0.0791. The number of hydrogen-bond donors (Lipinski definition) is 3. The Morgan fingerprint density at radius 3 is 2.59 bits per heavy atom. The van der Waals surface area contributed by atoms with E-state index in [0.29, 0.717) is 13.0 Å². The minimum atomic E-state index is -0.784. The zero-order valence-electron chi connectivity index (χ0n) is 11.3. The van der Waals surface area contributed by atoms with Crippen molar-refractivity contribution in [3.63, 3.8) is 0 Å². The van der Waals surface area contributed by atoms with Gasteiger partial charge in [0.1, 0.15) is 0 Å². The Hall–Kier alpha value is -0.610. The molecule has 1 saturated heterocycles. The van der Waals surface area contributed by atoms with Gasteiger partial charge in [0.2, 0.25) is 5.91 Å². The van der Waals surface area contributed by atoms with Gasteiger partial charge in [-0.05, 0) is 39.3 Å². The van der Waals surface area contributed by atoms with Crippen molar-refractivity contribution in [2.24, 2.45) is 5.41 Å². The van der Waals surface area contributed by atoms with E-state index in [1.807, 2.05) is 13.8 Å². The summed E-state index contributed by atoms with van der Waals surface area (Å²) in [6, 6.07) is 0.